The molecule has 7 nitrogen and oxygen atoms in total. The minimum atomic E-state index is -1.04. The Labute approximate surface area is 146 Å². The van der Waals surface area contributed by atoms with Crippen LogP contribution < -0.4 is 0 Å². The molecule has 1 saturated heterocycles. The van der Waals surface area contributed by atoms with Crippen LogP contribution in [0, 0.1) is 6.92 Å². The first-order valence-corrected chi connectivity index (χ1v) is 8.33. The van der Waals surface area contributed by atoms with Crippen molar-refractivity contribution in [2.75, 3.05) is 26.2 Å². The Kier molecular flexibility index (Phi) is 5.14. The van der Waals surface area contributed by atoms with Crippen molar-refractivity contribution in [1.82, 2.24) is 19.6 Å². The molecule has 1 aliphatic rings. The number of carboxylic acid groups (broad SMARTS) is 1. The summed E-state index contributed by atoms with van der Waals surface area (Å²) in [5.41, 5.74) is 2.70. The van der Waals surface area contributed by atoms with E-state index in [-0.39, 0.29) is 18.0 Å². The normalized spacial score (nSPS) is 15.3. The second-order valence-electron chi connectivity index (χ2n) is 6.32. The number of carbonyl (C=O) groups is 2. The van der Waals surface area contributed by atoms with E-state index in [0.717, 1.165) is 19.6 Å². The summed E-state index contributed by atoms with van der Waals surface area (Å²) in [5, 5.41) is 12.8. The molecule has 0 aliphatic carbocycles. The van der Waals surface area contributed by atoms with Crippen LogP contribution in [-0.4, -0.2) is 62.7 Å². The zero-order chi connectivity index (χ0) is 17.8. The third-order valence-corrected chi connectivity index (χ3v) is 4.56. The highest BCUT2D eigenvalue weighted by Crippen LogP contribution is 2.12. The van der Waals surface area contributed by atoms with Crippen LogP contribution in [0.2, 0.25) is 0 Å². The predicted octanol–water partition coefficient (Wildman–Crippen LogP) is 1.23. The van der Waals surface area contributed by atoms with E-state index in [1.54, 1.807) is 0 Å². The molecule has 0 bridgehead atoms. The van der Waals surface area contributed by atoms with Gasteiger partial charge < -0.3 is 10.0 Å². The van der Waals surface area contributed by atoms with Gasteiger partial charge in [0.15, 0.2) is 0 Å². The minimum Gasteiger partial charge on any atom is -0.478 e. The van der Waals surface area contributed by atoms with Crippen molar-refractivity contribution in [2.45, 2.75) is 20.0 Å². The number of aromatic carboxylic acids is 1. The molecule has 2 aromatic rings. The lowest BCUT2D eigenvalue weighted by atomic mass is 10.1. The number of aromatic nitrogens is 2. The van der Waals surface area contributed by atoms with Crippen molar-refractivity contribution >= 4 is 11.9 Å². The highest BCUT2D eigenvalue weighted by molar-refractivity contribution is 5.87. The lowest BCUT2D eigenvalue weighted by molar-refractivity contribution is -0.133. The molecule has 0 unspecified atom stereocenters. The monoisotopic (exact) mass is 342 g/mol. The van der Waals surface area contributed by atoms with Gasteiger partial charge in [0.1, 0.15) is 6.54 Å². The van der Waals surface area contributed by atoms with Crippen LogP contribution in [-0.2, 0) is 17.9 Å². The van der Waals surface area contributed by atoms with Gasteiger partial charge in [-0.3, -0.25) is 14.4 Å². The van der Waals surface area contributed by atoms with Gasteiger partial charge in [0.2, 0.25) is 5.91 Å². The molecule has 132 valence electrons. The van der Waals surface area contributed by atoms with Gasteiger partial charge in [-0.05, 0) is 18.1 Å². The van der Waals surface area contributed by atoms with Crippen molar-refractivity contribution in [1.29, 1.82) is 0 Å². The van der Waals surface area contributed by atoms with E-state index in [0.29, 0.717) is 13.1 Å². The molecule has 0 atom stereocenters. The lowest BCUT2D eigenvalue weighted by Crippen LogP contribution is -2.49. The van der Waals surface area contributed by atoms with Crippen molar-refractivity contribution in [3.8, 4) is 0 Å². The number of piperazine rings is 1. The van der Waals surface area contributed by atoms with Crippen LogP contribution in [0.15, 0.2) is 36.7 Å². The van der Waals surface area contributed by atoms with Gasteiger partial charge in [-0.2, -0.15) is 5.10 Å². The molecule has 1 aromatic carbocycles. The van der Waals surface area contributed by atoms with E-state index in [1.807, 2.05) is 11.0 Å². The molecule has 7 heteroatoms. The summed E-state index contributed by atoms with van der Waals surface area (Å²) in [6.07, 6.45) is 2.64. The SMILES string of the molecule is Cc1ccccc1CN1CCN(C(=O)Cn2cc(C(=O)O)cn2)CC1. The first-order valence-electron chi connectivity index (χ1n) is 8.33. The summed E-state index contributed by atoms with van der Waals surface area (Å²) in [6, 6.07) is 8.35. The van der Waals surface area contributed by atoms with Crippen LogP contribution in [0.1, 0.15) is 21.5 Å². The molecule has 3 rings (SSSR count). The Balaban J connectivity index is 1.50. The zero-order valence-electron chi connectivity index (χ0n) is 14.3. The Morgan fingerprint density at radius 3 is 2.52 bits per heavy atom. The first kappa shape index (κ1) is 17.2. The second kappa shape index (κ2) is 7.48. The number of hydrogen-bond donors (Lipinski definition) is 1. The van der Waals surface area contributed by atoms with Gasteiger partial charge in [0.25, 0.3) is 0 Å². The number of aryl methyl sites for hydroxylation is 1. The maximum atomic E-state index is 12.4. The van der Waals surface area contributed by atoms with Gasteiger partial charge in [-0.25, -0.2) is 4.79 Å². The van der Waals surface area contributed by atoms with Crippen molar-refractivity contribution < 1.29 is 14.7 Å². The van der Waals surface area contributed by atoms with Crippen LogP contribution in [0.3, 0.4) is 0 Å². The number of rotatable bonds is 5. The molecule has 0 saturated carbocycles. The Morgan fingerprint density at radius 1 is 1.16 bits per heavy atom. The predicted molar refractivity (Wildman–Crippen MR) is 92.2 cm³/mol. The van der Waals surface area contributed by atoms with Crippen LogP contribution in [0.25, 0.3) is 0 Å². The highest BCUT2D eigenvalue weighted by Gasteiger charge is 2.22. The molecule has 1 aromatic heterocycles. The van der Waals surface area contributed by atoms with Gasteiger partial charge in [0.05, 0.1) is 11.8 Å². The molecule has 1 fully saturated rings. The Morgan fingerprint density at radius 2 is 1.88 bits per heavy atom. The lowest BCUT2D eigenvalue weighted by Gasteiger charge is -2.35. The number of amides is 1. The summed E-state index contributed by atoms with van der Waals surface area (Å²) >= 11 is 0. The minimum absolute atomic E-state index is 0.0319. The summed E-state index contributed by atoms with van der Waals surface area (Å²) in [7, 11) is 0. The van der Waals surface area contributed by atoms with Crippen molar-refractivity contribution in [3.63, 3.8) is 0 Å². The van der Waals surface area contributed by atoms with Gasteiger partial charge in [0, 0.05) is 38.9 Å². The summed E-state index contributed by atoms with van der Waals surface area (Å²) in [6.45, 7) is 6.11. The smallest absolute Gasteiger partial charge is 0.338 e. The number of nitrogens with zero attached hydrogens (tertiary/aromatic N) is 4. The van der Waals surface area contributed by atoms with Gasteiger partial charge >= 0.3 is 5.97 Å². The average molecular weight is 342 g/mol. The van der Waals surface area contributed by atoms with E-state index in [1.165, 1.54) is 28.2 Å². The topological polar surface area (TPSA) is 78.7 Å². The number of benzene rings is 1. The largest absolute Gasteiger partial charge is 0.478 e. The molecule has 0 radical (unpaired) electrons. The third kappa shape index (κ3) is 4.24. The quantitative estimate of drug-likeness (QED) is 0.884. The second-order valence-corrected chi connectivity index (χ2v) is 6.32. The summed E-state index contributed by atoms with van der Waals surface area (Å²) < 4.78 is 1.38. The molecular formula is C18H22N4O3. The van der Waals surface area contributed by atoms with Crippen LogP contribution in [0.4, 0.5) is 0 Å². The standard InChI is InChI=1S/C18H22N4O3/c1-14-4-2-3-5-15(14)11-20-6-8-21(9-7-20)17(23)13-22-12-16(10-19-22)18(24)25/h2-5,10,12H,6-9,11,13H2,1H3,(H,24,25). The van der Waals surface area contributed by atoms with Crippen molar-refractivity contribution in [3.05, 3.63) is 53.3 Å². The molecule has 1 N–H and O–H groups in total. The van der Waals surface area contributed by atoms with Crippen molar-refractivity contribution in [2.24, 2.45) is 0 Å². The van der Waals surface area contributed by atoms with Gasteiger partial charge in [-0.1, -0.05) is 24.3 Å². The van der Waals surface area contributed by atoms with E-state index in [4.69, 9.17) is 5.11 Å². The highest BCUT2D eigenvalue weighted by atomic mass is 16.4. The van der Waals surface area contributed by atoms with Crippen LogP contribution >= 0.6 is 0 Å². The third-order valence-electron chi connectivity index (χ3n) is 4.56. The number of hydrogen-bond acceptors (Lipinski definition) is 4. The molecule has 25 heavy (non-hydrogen) atoms. The average Bonchev–Trinajstić information content (AvgIpc) is 3.06. The van der Waals surface area contributed by atoms with E-state index < -0.39 is 5.97 Å². The Hall–Kier alpha value is -2.67. The zero-order valence-corrected chi connectivity index (χ0v) is 14.3. The summed E-state index contributed by atoms with van der Waals surface area (Å²) in [4.78, 5) is 27.4. The first-order chi connectivity index (χ1) is 12.0. The van der Waals surface area contributed by atoms with Crippen LogP contribution in [0.5, 0.6) is 0 Å². The Bertz CT molecular complexity index is 763. The van der Waals surface area contributed by atoms with Gasteiger partial charge in [-0.15, -0.1) is 0 Å². The molecular weight excluding hydrogens is 320 g/mol. The van der Waals surface area contributed by atoms with E-state index in [2.05, 4.69) is 35.1 Å². The fourth-order valence-electron chi connectivity index (χ4n) is 2.98. The molecule has 1 amide bonds. The maximum absolute atomic E-state index is 12.4. The maximum Gasteiger partial charge on any atom is 0.338 e. The molecule has 2 heterocycles. The molecule has 1 aliphatic heterocycles. The fraction of sp³-hybridized carbons (Fsp3) is 0.389. The summed E-state index contributed by atoms with van der Waals surface area (Å²) in [5.74, 6) is -1.07. The number of carboxylic acids is 1. The fourth-order valence-corrected chi connectivity index (χ4v) is 2.98. The molecule has 0 spiro atoms. The number of carbonyl (C=O) groups excluding carboxylic acids is 1. The van der Waals surface area contributed by atoms with E-state index in [9.17, 15) is 9.59 Å². The van der Waals surface area contributed by atoms with E-state index >= 15 is 0 Å².